The second-order valence-electron chi connectivity index (χ2n) is 4.99. The molecule has 0 aromatic carbocycles. The van der Waals surface area contributed by atoms with Crippen LogP contribution in [0.25, 0.3) is 0 Å². The number of rotatable bonds is 3. The minimum absolute atomic E-state index is 0.0424. The lowest BCUT2D eigenvalue weighted by Gasteiger charge is -2.27. The number of hydrogen-bond donors (Lipinski definition) is 2. The van der Waals surface area contributed by atoms with Crippen molar-refractivity contribution in [2.24, 2.45) is 7.05 Å². The molecule has 0 radical (unpaired) electrons. The van der Waals surface area contributed by atoms with Gasteiger partial charge in [0.1, 0.15) is 11.9 Å². The Labute approximate surface area is 116 Å². The first-order chi connectivity index (χ1) is 9.40. The van der Waals surface area contributed by atoms with E-state index >= 15 is 0 Å². The largest absolute Gasteiger partial charge is 0.480 e. The predicted molar refractivity (Wildman–Crippen MR) is 68.8 cm³/mol. The molecule has 0 spiro atoms. The summed E-state index contributed by atoms with van der Waals surface area (Å²) < 4.78 is 1.79. The number of likely N-dealkylation sites (tertiary alicyclic amines) is 1. The van der Waals surface area contributed by atoms with Crippen molar-refractivity contribution in [2.45, 2.75) is 25.1 Å². The van der Waals surface area contributed by atoms with Gasteiger partial charge in [0.25, 0.3) is 0 Å². The molecule has 8 nitrogen and oxygen atoms in total. The molecule has 20 heavy (non-hydrogen) atoms. The summed E-state index contributed by atoms with van der Waals surface area (Å²) in [6.07, 6.45) is 2.68. The van der Waals surface area contributed by atoms with E-state index in [9.17, 15) is 14.7 Å². The van der Waals surface area contributed by atoms with E-state index in [4.69, 9.17) is 5.11 Å². The molecule has 1 saturated heterocycles. The Balaban J connectivity index is 2.06. The molecule has 1 aromatic heterocycles. The number of carboxylic acid groups (broad SMARTS) is 1. The van der Waals surface area contributed by atoms with Gasteiger partial charge in [-0.2, -0.15) is 0 Å². The fourth-order valence-electron chi connectivity index (χ4n) is 2.31. The molecule has 0 bridgehead atoms. The summed E-state index contributed by atoms with van der Waals surface area (Å²) in [6, 6.07) is -1.39. The van der Waals surface area contributed by atoms with E-state index in [0.29, 0.717) is 5.82 Å². The normalized spacial score (nSPS) is 22.1. The number of aliphatic hydroxyl groups is 1. The van der Waals surface area contributed by atoms with Gasteiger partial charge in [-0.25, -0.2) is 14.6 Å². The van der Waals surface area contributed by atoms with E-state index in [0.717, 1.165) is 0 Å². The number of nitrogens with zero attached hydrogens (tertiary/aromatic N) is 4. The minimum Gasteiger partial charge on any atom is -0.480 e. The number of amides is 2. The number of aryl methyl sites for hydroxylation is 1. The van der Waals surface area contributed by atoms with Crippen molar-refractivity contribution < 1.29 is 19.8 Å². The van der Waals surface area contributed by atoms with Crippen LogP contribution in [0.1, 0.15) is 12.2 Å². The summed E-state index contributed by atoms with van der Waals surface area (Å²) in [5.41, 5.74) is 0. The third-order valence-electron chi connectivity index (χ3n) is 3.44. The molecule has 0 aliphatic carbocycles. The van der Waals surface area contributed by atoms with Gasteiger partial charge < -0.3 is 24.6 Å². The molecule has 8 heteroatoms. The smallest absolute Gasteiger partial charge is 0.326 e. The molecule has 0 saturated carbocycles. The number of β-amino-alcohol motifs (C(OH)–C–C–N with tert-alkyl or cyclic N) is 1. The Morgan fingerprint density at radius 2 is 2.25 bits per heavy atom. The van der Waals surface area contributed by atoms with Crippen LogP contribution in [0.5, 0.6) is 0 Å². The molecule has 110 valence electrons. The van der Waals surface area contributed by atoms with Crippen molar-refractivity contribution in [3.05, 3.63) is 18.2 Å². The zero-order valence-electron chi connectivity index (χ0n) is 11.4. The fourth-order valence-corrected chi connectivity index (χ4v) is 2.31. The van der Waals surface area contributed by atoms with Crippen LogP contribution in [0.3, 0.4) is 0 Å². The van der Waals surface area contributed by atoms with E-state index in [2.05, 4.69) is 4.98 Å². The SMILES string of the molecule is CN(Cc1nccn1C)C(=O)N1CC(O)CC1C(=O)O. The molecule has 1 aliphatic rings. The highest BCUT2D eigenvalue weighted by Gasteiger charge is 2.40. The Morgan fingerprint density at radius 3 is 2.80 bits per heavy atom. The van der Waals surface area contributed by atoms with Crippen LogP contribution in [-0.4, -0.2) is 67.3 Å². The number of urea groups is 1. The monoisotopic (exact) mass is 282 g/mol. The summed E-state index contributed by atoms with van der Waals surface area (Å²) >= 11 is 0. The second kappa shape index (κ2) is 5.49. The molecule has 2 amide bonds. The summed E-state index contributed by atoms with van der Waals surface area (Å²) in [5.74, 6) is -0.396. The molecule has 2 rings (SSSR count). The first-order valence-electron chi connectivity index (χ1n) is 6.29. The molecule has 2 atom stereocenters. The number of hydrogen-bond acceptors (Lipinski definition) is 4. The van der Waals surface area contributed by atoms with E-state index in [-0.39, 0.29) is 19.5 Å². The highest BCUT2D eigenvalue weighted by atomic mass is 16.4. The van der Waals surface area contributed by atoms with Crippen molar-refractivity contribution in [1.82, 2.24) is 19.4 Å². The van der Waals surface area contributed by atoms with Crippen LogP contribution in [0.2, 0.25) is 0 Å². The first-order valence-corrected chi connectivity index (χ1v) is 6.29. The maximum atomic E-state index is 12.3. The molecule has 1 aromatic rings. The van der Waals surface area contributed by atoms with Crippen molar-refractivity contribution in [3.63, 3.8) is 0 Å². The van der Waals surface area contributed by atoms with Crippen LogP contribution in [-0.2, 0) is 18.4 Å². The van der Waals surface area contributed by atoms with Crippen molar-refractivity contribution in [1.29, 1.82) is 0 Å². The van der Waals surface area contributed by atoms with Crippen molar-refractivity contribution in [2.75, 3.05) is 13.6 Å². The lowest BCUT2D eigenvalue weighted by molar-refractivity contribution is -0.141. The quantitative estimate of drug-likeness (QED) is 0.778. The van der Waals surface area contributed by atoms with Gasteiger partial charge in [0.05, 0.1) is 12.6 Å². The van der Waals surface area contributed by atoms with Crippen LogP contribution >= 0.6 is 0 Å². The molecular formula is C12H18N4O4. The summed E-state index contributed by atoms with van der Waals surface area (Å²) in [5, 5.41) is 18.7. The molecule has 2 heterocycles. The van der Waals surface area contributed by atoms with Gasteiger partial charge >= 0.3 is 12.0 Å². The number of aliphatic carboxylic acids is 1. The van der Waals surface area contributed by atoms with Gasteiger partial charge in [0, 0.05) is 39.5 Å². The van der Waals surface area contributed by atoms with Crippen LogP contribution in [0, 0.1) is 0 Å². The first kappa shape index (κ1) is 14.3. The average Bonchev–Trinajstić information content (AvgIpc) is 2.95. The molecule has 2 N–H and O–H groups in total. The van der Waals surface area contributed by atoms with E-state index < -0.39 is 24.1 Å². The standard InChI is InChI=1S/C12H18N4O4/c1-14-4-3-13-10(14)7-15(2)12(20)16-6-8(17)5-9(16)11(18)19/h3-4,8-9,17H,5-7H2,1-2H3,(H,18,19). The Bertz CT molecular complexity index is 515. The Kier molecular flexibility index (Phi) is 3.93. The number of aromatic nitrogens is 2. The number of carboxylic acids is 1. The topological polar surface area (TPSA) is 98.9 Å². The zero-order valence-corrected chi connectivity index (χ0v) is 11.4. The Morgan fingerprint density at radius 1 is 1.55 bits per heavy atom. The van der Waals surface area contributed by atoms with Gasteiger partial charge in [-0.3, -0.25) is 0 Å². The lowest BCUT2D eigenvalue weighted by Crippen LogP contribution is -2.46. The van der Waals surface area contributed by atoms with E-state index in [1.807, 2.05) is 7.05 Å². The molecule has 1 fully saturated rings. The Hall–Kier alpha value is -2.09. The number of imidazole rings is 1. The van der Waals surface area contributed by atoms with Gasteiger partial charge in [-0.1, -0.05) is 0 Å². The van der Waals surface area contributed by atoms with Crippen LogP contribution in [0.15, 0.2) is 12.4 Å². The number of aliphatic hydroxyl groups excluding tert-OH is 1. The highest BCUT2D eigenvalue weighted by molar-refractivity contribution is 5.83. The summed E-state index contributed by atoms with van der Waals surface area (Å²) in [6.45, 7) is 0.321. The van der Waals surface area contributed by atoms with E-state index in [1.54, 1.807) is 24.0 Å². The van der Waals surface area contributed by atoms with Gasteiger partial charge in [0.2, 0.25) is 0 Å². The third-order valence-corrected chi connectivity index (χ3v) is 3.44. The third kappa shape index (κ3) is 2.74. The second-order valence-corrected chi connectivity index (χ2v) is 4.99. The molecule has 1 aliphatic heterocycles. The predicted octanol–water partition coefficient (Wildman–Crippen LogP) is -0.508. The maximum Gasteiger partial charge on any atom is 0.326 e. The number of carbonyl (C=O) groups excluding carboxylic acids is 1. The fraction of sp³-hybridized carbons (Fsp3) is 0.583. The van der Waals surface area contributed by atoms with E-state index in [1.165, 1.54) is 9.80 Å². The van der Waals surface area contributed by atoms with Crippen LogP contribution < -0.4 is 0 Å². The molecule has 2 unspecified atom stereocenters. The minimum atomic E-state index is -1.10. The summed E-state index contributed by atoms with van der Waals surface area (Å²) in [4.78, 5) is 30.1. The highest BCUT2D eigenvalue weighted by Crippen LogP contribution is 2.20. The number of carbonyl (C=O) groups is 2. The lowest BCUT2D eigenvalue weighted by atomic mass is 10.2. The van der Waals surface area contributed by atoms with Gasteiger partial charge in [-0.05, 0) is 0 Å². The van der Waals surface area contributed by atoms with Gasteiger partial charge in [0.15, 0.2) is 0 Å². The van der Waals surface area contributed by atoms with Gasteiger partial charge in [-0.15, -0.1) is 0 Å². The van der Waals surface area contributed by atoms with Crippen LogP contribution in [0.4, 0.5) is 4.79 Å². The van der Waals surface area contributed by atoms with Crippen molar-refractivity contribution in [3.8, 4) is 0 Å². The molecular weight excluding hydrogens is 264 g/mol. The summed E-state index contributed by atoms with van der Waals surface area (Å²) in [7, 11) is 3.40. The average molecular weight is 282 g/mol. The maximum absolute atomic E-state index is 12.3. The van der Waals surface area contributed by atoms with Crippen molar-refractivity contribution >= 4 is 12.0 Å². The zero-order chi connectivity index (χ0) is 14.9.